The van der Waals surface area contributed by atoms with Crippen molar-refractivity contribution in [3.63, 3.8) is 0 Å². The van der Waals surface area contributed by atoms with Crippen LogP contribution in [0.25, 0.3) is 0 Å². The van der Waals surface area contributed by atoms with E-state index < -0.39 is 0 Å². The maximum absolute atomic E-state index is 13.0. The molecule has 5 heteroatoms. The molecule has 0 radical (unpaired) electrons. The largest absolute Gasteiger partial charge is 0.356 e. The summed E-state index contributed by atoms with van der Waals surface area (Å²) in [4.78, 5) is 26.5. The van der Waals surface area contributed by atoms with Crippen LogP contribution in [-0.2, 0) is 4.79 Å². The summed E-state index contributed by atoms with van der Waals surface area (Å²) in [5, 5.41) is 0. The van der Waals surface area contributed by atoms with Gasteiger partial charge in [0.1, 0.15) is 12.1 Å². The van der Waals surface area contributed by atoms with Gasteiger partial charge in [-0.25, -0.2) is 9.97 Å². The Bertz CT molecular complexity index is 652. The third-order valence-corrected chi connectivity index (χ3v) is 7.13. The summed E-state index contributed by atoms with van der Waals surface area (Å²) < 4.78 is 0. The summed E-state index contributed by atoms with van der Waals surface area (Å²) in [5.74, 6) is 3.94. The zero-order valence-corrected chi connectivity index (χ0v) is 15.6. The van der Waals surface area contributed by atoms with Crippen molar-refractivity contribution in [2.24, 2.45) is 17.8 Å². The highest BCUT2D eigenvalue weighted by Crippen LogP contribution is 2.40. The topological polar surface area (TPSA) is 49.3 Å². The number of carbonyl (C=O) groups is 1. The summed E-state index contributed by atoms with van der Waals surface area (Å²) >= 11 is 0. The predicted octanol–water partition coefficient (Wildman–Crippen LogP) is 3.22. The number of fused-ring (bicyclic) bond motifs is 1. The maximum Gasteiger partial charge on any atom is 0.225 e. The van der Waals surface area contributed by atoms with Crippen LogP contribution in [0.1, 0.15) is 63.0 Å². The van der Waals surface area contributed by atoms with Crippen molar-refractivity contribution in [3.8, 4) is 0 Å². The maximum atomic E-state index is 13.0. The van der Waals surface area contributed by atoms with Crippen molar-refractivity contribution in [1.29, 1.82) is 0 Å². The van der Waals surface area contributed by atoms with Crippen molar-refractivity contribution in [3.05, 3.63) is 18.1 Å². The van der Waals surface area contributed by atoms with Crippen LogP contribution in [-0.4, -0.2) is 47.0 Å². The first-order valence-corrected chi connectivity index (χ1v) is 10.6. The number of hydrogen-bond acceptors (Lipinski definition) is 4. The predicted molar refractivity (Wildman–Crippen MR) is 101 cm³/mol. The molecule has 1 aromatic heterocycles. The number of amides is 1. The van der Waals surface area contributed by atoms with Crippen molar-refractivity contribution in [2.45, 2.75) is 57.3 Å². The van der Waals surface area contributed by atoms with Gasteiger partial charge in [-0.3, -0.25) is 4.79 Å². The Morgan fingerprint density at radius 2 is 1.62 bits per heavy atom. The molecule has 1 aromatic rings. The van der Waals surface area contributed by atoms with E-state index in [1.54, 1.807) is 6.33 Å². The third-order valence-electron chi connectivity index (χ3n) is 7.13. The van der Waals surface area contributed by atoms with Gasteiger partial charge < -0.3 is 9.80 Å². The number of piperidine rings is 1. The highest BCUT2D eigenvalue weighted by molar-refractivity contribution is 5.79. The van der Waals surface area contributed by atoms with Crippen LogP contribution >= 0.6 is 0 Å². The molecule has 2 saturated carbocycles. The number of anilines is 1. The van der Waals surface area contributed by atoms with Gasteiger partial charge in [0.05, 0.1) is 0 Å². The Hall–Kier alpha value is -1.65. The fraction of sp³-hybridized carbons (Fsp3) is 0.762. The summed E-state index contributed by atoms with van der Waals surface area (Å²) in [6.45, 7) is 3.94. The molecular formula is C21H30N4O. The van der Waals surface area contributed by atoms with Crippen LogP contribution < -0.4 is 4.90 Å². The zero-order valence-electron chi connectivity index (χ0n) is 15.6. The van der Waals surface area contributed by atoms with E-state index in [9.17, 15) is 4.79 Å². The molecule has 0 spiro atoms. The fourth-order valence-corrected chi connectivity index (χ4v) is 5.34. The molecular weight excluding hydrogens is 324 g/mol. The molecule has 140 valence electrons. The van der Waals surface area contributed by atoms with Crippen LogP contribution in [0.15, 0.2) is 12.4 Å². The first kappa shape index (κ1) is 16.5. The lowest BCUT2D eigenvalue weighted by Gasteiger charge is -2.34. The first-order valence-electron chi connectivity index (χ1n) is 10.6. The van der Waals surface area contributed by atoms with E-state index in [0.29, 0.717) is 11.8 Å². The quantitative estimate of drug-likeness (QED) is 0.836. The fourth-order valence-electron chi connectivity index (χ4n) is 5.34. The molecule has 2 saturated heterocycles. The molecule has 5 nitrogen and oxygen atoms in total. The molecule has 2 unspecified atom stereocenters. The lowest BCUT2D eigenvalue weighted by Crippen LogP contribution is -2.42. The molecule has 26 heavy (non-hydrogen) atoms. The number of nitrogens with zero attached hydrogens (tertiary/aromatic N) is 4. The molecule has 4 fully saturated rings. The van der Waals surface area contributed by atoms with E-state index >= 15 is 0 Å². The van der Waals surface area contributed by atoms with E-state index in [4.69, 9.17) is 0 Å². The van der Waals surface area contributed by atoms with E-state index in [1.807, 2.05) is 0 Å². The van der Waals surface area contributed by atoms with E-state index in [2.05, 4.69) is 25.8 Å². The van der Waals surface area contributed by atoms with Crippen LogP contribution in [0.2, 0.25) is 0 Å². The summed E-state index contributed by atoms with van der Waals surface area (Å²) in [6.07, 6.45) is 11.6. The minimum Gasteiger partial charge on any atom is -0.356 e. The molecule has 3 heterocycles. The lowest BCUT2D eigenvalue weighted by atomic mass is 9.82. The number of carbonyl (C=O) groups excluding carboxylic acids is 1. The second-order valence-electron chi connectivity index (χ2n) is 8.88. The van der Waals surface area contributed by atoms with Gasteiger partial charge in [-0.05, 0) is 50.4 Å². The van der Waals surface area contributed by atoms with Gasteiger partial charge in [0.25, 0.3) is 0 Å². The Morgan fingerprint density at radius 1 is 0.923 bits per heavy atom. The van der Waals surface area contributed by atoms with E-state index in [0.717, 1.165) is 56.7 Å². The Labute approximate surface area is 156 Å². The monoisotopic (exact) mass is 354 g/mol. The summed E-state index contributed by atoms with van der Waals surface area (Å²) in [5.41, 5.74) is 1.20. The standard InChI is InChI=1S/C21H30N4O/c26-21(25-12-17-3-1-2-4-18(17)13-25)16-7-9-24(10-8-16)20-11-19(15-5-6-15)22-14-23-20/h11,14-18H,1-10,12-13H2. The van der Waals surface area contributed by atoms with Crippen molar-refractivity contribution >= 4 is 11.7 Å². The molecule has 1 amide bonds. The summed E-state index contributed by atoms with van der Waals surface area (Å²) in [7, 11) is 0. The SMILES string of the molecule is O=C(C1CCN(c2cc(C3CC3)ncn2)CC1)N1CC2CCCCC2C1. The highest BCUT2D eigenvalue weighted by atomic mass is 16.2. The average molecular weight is 354 g/mol. The lowest BCUT2D eigenvalue weighted by molar-refractivity contribution is -0.135. The van der Waals surface area contributed by atoms with Crippen LogP contribution in [0, 0.1) is 17.8 Å². The van der Waals surface area contributed by atoms with Crippen molar-refractivity contribution < 1.29 is 4.79 Å². The van der Waals surface area contributed by atoms with E-state index in [-0.39, 0.29) is 5.92 Å². The van der Waals surface area contributed by atoms with Gasteiger partial charge in [0, 0.05) is 49.8 Å². The minimum atomic E-state index is 0.219. The van der Waals surface area contributed by atoms with Crippen LogP contribution in [0.4, 0.5) is 5.82 Å². The van der Waals surface area contributed by atoms with Gasteiger partial charge in [0.2, 0.25) is 5.91 Å². The molecule has 0 aromatic carbocycles. The molecule has 2 aliphatic heterocycles. The van der Waals surface area contributed by atoms with Gasteiger partial charge in [0.15, 0.2) is 0 Å². The molecule has 0 bridgehead atoms. The van der Waals surface area contributed by atoms with Crippen molar-refractivity contribution in [1.82, 2.24) is 14.9 Å². The molecule has 5 rings (SSSR count). The van der Waals surface area contributed by atoms with Crippen LogP contribution in [0.3, 0.4) is 0 Å². The molecule has 2 atom stereocenters. The van der Waals surface area contributed by atoms with Gasteiger partial charge in [-0.15, -0.1) is 0 Å². The van der Waals surface area contributed by atoms with Gasteiger partial charge in [-0.2, -0.15) is 0 Å². The molecule has 4 aliphatic rings. The number of aromatic nitrogens is 2. The second-order valence-corrected chi connectivity index (χ2v) is 8.88. The molecule has 2 aliphatic carbocycles. The first-order chi connectivity index (χ1) is 12.8. The number of likely N-dealkylation sites (tertiary alicyclic amines) is 1. The highest BCUT2D eigenvalue weighted by Gasteiger charge is 2.39. The van der Waals surface area contributed by atoms with Gasteiger partial charge in [-0.1, -0.05) is 12.8 Å². The molecule has 0 N–H and O–H groups in total. The Kier molecular flexibility index (Phi) is 4.33. The minimum absolute atomic E-state index is 0.219. The average Bonchev–Trinajstić information content (AvgIpc) is 3.46. The third kappa shape index (κ3) is 3.21. The summed E-state index contributed by atoms with van der Waals surface area (Å²) in [6, 6.07) is 2.17. The number of rotatable bonds is 3. The number of hydrogen-bond donors (Lipinski definition) is 0. The Balaban J connectivity index is 1.18. The van der Waals surface area contributed by atoms with E-state index in [1.165, 1.54) is 44.2 Å². The van der Waals surface area contributed by atoms with Crippen molar-refractivity contribution in [2.75, 3.05) is 31.1 Å². The van der Waals surface area contributed by atoms with Crippen LogP contribution in [0.5, 0.6) is 0 Å². The van der Waals surface area contributed by atoms with Gasteiger partial charge >= 0.3 is 0 Å². The zero-order chi connectivity index (χ0) is 17.5. The second kappa shape index (κ2) is 6.82. The smallest absolute Gasteiger partial charge is 0.225 e. The normalized spacial score (nSPS) is 29.7. The Morgan fingerprint density at radius 3 is 2.27 bits per heavy atom.